The lowest BCUT2D eigenvalue weighted by atomic mass is 10.0. The van der Waals surface area contributed by atoms with E-state index in [-0.39, 0.29) is 12.6 Å². The second-order valence-electron chi connectivity index (χ2n) is 6.35. The summed E-state index contributed by atoms with van der Waals surface area (Å²) in [5.41, 5.74) is -0.431. The molecule has 0 bridgehead atoms. The van der Waals surface area contributed by atoms with Crippen molar-refractivity contribution in [1.29, 1.82) is 0 Å². The van der Waals surface area contributed by atoms with Crippen LogP contribution in [0.25, 0.3) is 0 Å². The fourth-order valence-corrected chi connectivity index (χ4v) is 3.30. The summed E-state index contributed by atoms with van der Waals surface area (Å²) in [6, 6.07) is 3.31. The van der Waals surface area contributed by atoms with Crippen molar-refractivity contribution in [2.75, 3.05) is 26.2 Å². The highest BCUT2D eigenvalue weighted by molar-refractivity contribution is 5.69. The first-order chi connectivity index (χ1) is 11.7. The zero-order chi connectivity index (χ0) is 18.6. The highest BCUT2D eigenvalue weighted by Gasteiger charge is 2.31. The van der Waals surface area contributed by atoms with Gasteiger partial charge >= 0.3 is 12.1 Å². The van der Waals surface area contributed by atoms with Crippen molar-refractivity contribution >= 4 is 5.97 Å². The number of hydrogen-bond donors (Lipinski definition) is 2. The number of carboxylic acid groups (broad SMARTS) is 1. The molecule has 1 aliphatic rings. The summed E-state index contributed by atoms with van der Waals surface area (Å²) in [7, 11) is 0. The lowest BCUT2D eigenvalue weighted by Crippen LogP contribution is -2.46. The average molecular weight is 360 g/mol. The molecular formula is C17H23F3N2O3. The normalized spacial score (nSPS) is 17.2. The van der Waals surface area contributed by atoms with Crippen LogP contribution in [0, 0.1) is 0 Å². The number of piperidine rings is 1. The molecule has 1 aromatic carbocycles. The van der Waals surface area contributed by atoms with Crippen molar-refractivity contribution in [2.45, 2.75) is 38.5 Å². The fourth-order valence-electron chi connectivity index (χ4n) is 3.30. The monoisotopic (exact) mass is 360 g/mol. The van der Waals surface area contributed by atoms with Gasteiger partial charge in [0.2, 0.25) is 0 Å². The molecule has 0 aromatic heterocycles. The van der Waals surface area contributed by atoms with Gasteiger partial charge in [-0.3, -0.25) is 14.6 Å². The van der Waals surface area contributed by atoms with Gasteiger partial charge in [-0.05, 0) is 56.2 Å². The molecule has 0 radical (unpaired) electrons. The summed E-state index contributed by atoms with van der Waals surface area (Å²) in [5, 5.41) is 18.5. The van der Waals surface area contributed by atoms with Crippen LogP contribution in [0.1, 0.15) is 30.9 Å². The van der Waals surface area contributed by atoms with E-state index in [1.54, 1.807) is 0 Å². The standard InChI is InChI=1S/C17H23F3N2O3/c1-2-22(11-16(24)25)14-3-5-21(6-4-14)10-12-7-13(17(18,19)20)9-15(23)8-12/h7-9,14,23H,2-6,10-11H2,1H3,(H,24,25). The molecule has 1 fully saturated rings. The van der Waals surface area contributed by atoms with Gasteiger partial charge in [0.05, 0.1) is 12.1 Å². The molecule has 1 saturated heterocycles. The molecule has 1 aromatic rings. The molecule has 1 heterocycles. The van der Waals surface area contributed by atoms with Crippen molar-refractivity contribution in [1.82, 2.24) is 9.80 Å². The summed E-state index contributed by atoms with van der Waals surface area (Å²) >= 11 is 0. The highest BCUT2D eigenvalue weighted by atomic mass is 19.4. The van der Waals surface area contributed by atoms with Gasteiger partial charge in [-0.2, -0.15) is 13.2 Å². The summed E-state index contributed by atoms with van der Waals surface area (Å²) in [5.74, 6) is -1.25. The molecule has 1 aliphatic heterocycles. The zero-order valence-electron chi connectivity index (χ0n) is 14.1. The second kappa shape index (κ2) is 8.05. The minimum Gasteiger partial charge on any atom is -0.508 e. The van der Waals surface area contributed by atoms with Crippen LogP contribution >= 0.6 is 0 Å². The van der Waals surface area contributed by atoms with Gasteiger partial charge in [0.1, 0.15) is 5.75 Å². The third-order valence-corrected chi connectivity index (χ3v) is 4.53. The first-order valence-corrected chi connectivity index (χ1v) is 8.27. The molecule has 5 nitrogen and oxygen atoms in total. The third kappa shape index (κ3) is 5.61. The number of carboxylic acids is 1. The van der Waals surface area contributed by atoms with Crippen LogP contribution in [0.15, 0.2) is 18.2 Å². The van der Waals surface area contributed by atoms with E-state index in [0.29, 0.717) is 31.7 Å². The molecule has 2 N–H and O–H groups in total. The first-order valence-electron chi connectivity index (χ1n) is 8.27. The van der Waals surface area contributed by atoms with Crippen molar-refractivity contribution in [2.24, 2.45) is 0 Å². The number of likely N-dealkylation sites (tertiary alicyclic amines) is 1. The Labute approximate surface area is 144 Å². The average Bonchev–Trinajstić information content (AvgIpc) is 2.52. The summed E-state index contributed by atoms with van der Waals surface area (Å²) in [6.07, 6.45) is -2.95. The van der Waals surface area contributed by atoms with E-state index < -0.39 is 23.5 Å². The van der Waals surface area contributed by atoms with E-state index in [0.717, 1.165) is 25.0 Å². The maximum absolute atomic E-state index is 12.8. The molecule has 25 heavy (non-hydrogen) atoms. The number of carbonyl (C=O) groups is 1. The van der Waals surface area contributed by atoms with Gasteiger partial charge in [-0.1, -0.05) is 6.92 Å². The number of nitrogens with zero attached hydrogens (tertiary/aromatic N) is 2. The van der Waals surface area contributed by atoms with E-state index in [2.05, 4.69) is 0 Å². The number of hydrogen-bond acceptors (Lipinski definition) is 4. The molecule has 0 unspecified atom stereocenters. The highest BCUT2D eigenvalue weighted by Crippen LogP contribution is 2.32. The molecule has 0 saturated carbocycles. The first kappa shape index (κ1) is 19.5. The Morgan fingerprint density at radius 2 is 1.92 bits per heavy atom. The minimum absolute atomic E-state index is 0.00265. The van der Waals surface area contributed by atoms with Crippen molar-refractivity contribution < 1.29 is 28.2 Å². The van der Waals surface area contributed by atoms with Crippen LogP contribution in [0.4, 0.5) is 13.2 Å². The number of rotatable bonds is 6. The molecule has 140 valence electrons. The maximum Gasteiger partial charge on any atom is 0.416 e. The number of benzene rings is 1. The number of aliphatic carboxylic acids is 1. The molecule has 0 amide bonds. The van der Waals surface area contributed by atoms with E-state index in [9.17, 15) is 23.1 Å². The Balaban J connectivity index is 1.96. The molecule has 0 spiro atoms. The molecule has 0 atom stereocenters. The Kier molecular flexibility index (Phi) is 6.29. The number of halogens is 3. The smallest absolute Gasteiger partial charge is 0.416 e. The molecule has 2 rings (SSSR count). The van der Waals surface area contributed by atoms with Crippen molar-refractivity contribution in [3.8, 4) is 5.75 Å². The van der Waals surface area contributed by atoms with E-state index in [4.69, 9.17) is 5.11 Å². The molecular weight excluding hydrogens is 337 g/mol. The Morgan fingerprint density at radius 1 is 1.28 bits per heavy atom. The van der Waals surface area contributed by atoms with Gasteiger partial charge in [-0.15, -0.1) is 0 Å². The van der Waals surface area contributed by atoms with Crippen LogP contribution in [-0.4, -0.2) is 58.2 Å². The lowest BCUT2D eigenvalue weighted by molar-refractivity contribution is -0.139. The number of likely N-dealkylation sites (N-methyl/N-ethyl adjacent to an activating group) is 1. The van der Waals surface area contributed by atoms with E-state index in [1.165, 1.54) is 6.07 Å². The predicted octanol–water partition coefficient (Wildman–Crippen LogP) is 2.78. The van der Waals surface area contributed by atoms with Crippen LogP contribution in [0.3, 0.4) is 0 Å². The summed E-state index contributed by atoms with van der Waals surface area (Å²) < 4.78 is 38.5. The third-order valence-electron chi connectivity index (χ3n) is 4.53. The van der Waals surface area contributed by atoms with Gasteiger partial charge in [0.15, 0.2) is 0 Å². The maximum atomic E-state index is 12.8. The van der Waals surface area contributed by atoms with Gasteiger partial charge in [0.25, 0.3) is 0 Å². The minimum atomic E-state index is -4.49. The quantitative estimate of drug-likeness (QED) is 0.817. The SMILES string of the molecule is CCN(CC(=O)O)C1CCN(Cc2cc(O)cc(C(F)(F)F)c2)CC1. The number of phenols is 1. The largest absolute Gasteiger partial charge is 0.508 e. The molecule has 8 heteroatoms. The van der Waals surface area contributed by atoms with Crippen molar-refractivity contribution in [3.05, 3.63) is 29.3 Å². The number of phenolic OH excluding ortho intramolecular Hbond substituents is 1. The number of aromatic hydroxyl groups is 1. The Hall–Kier alpha value is -1.80. The van der Waals surface area contributed by atoms with E-state index in [1.807, 2.05) is 16.7 Å². The van der Waals surface area contributed by atoms with Crippen molar-refractivity contribution in [3.63, 3.8) is 0 Å². The van der Waals surface area contributed by atoms with Crippen LogP contribution in [0.2, 0.25) is 0 Å². The van der Waals surface area contributed by atoms with Crippen LogP contribution < -0.4 is 0 Å². The summed E-state index contributed by atoms with van der Waals surface area (Å²) in [4.78, 5) is 14.8. The Bertz CT molecular complexity index is 599. The van der Waals surface area contributed by atoms with Crippen LogP contribution in [-0.2, 0) is 17.5 Å². The molecule has 0 aliphatic carbocycles. The van der Waals surface area contributed by atoms with E-state index >= 15 is 0 Å². The number of alkyl halides is 3. The topological polar surface area (TPSA) is 64.0 Å². The fraction of sp³-hybridized carbons (Fsp3) is 0.588. The van der Waals surface area contributed by atoms with Gasteiger partial charge in [0, 0.05) is 12.6 Å². The zero-order valence-corrected chi connectivity index (χ0v) is 14.1. The predicted molar refractivity (Wildman–Crippen MR) is 86.3 cm³/mol. The van der Waals surface area contributed by atoms with Gasteiger partial charge in [-0.25, -0.2) is 0 Å². The lowest BCUT2D eigenvalue weighted by Gasteiger charge is -2.37. The summed E-state index contributed by atoms with van der Waals surface area (Å²) in [6.45, 7) is 4.26. The Morgan fingerprint density at radius 3 is 2.44 bits per heavy atom. The van der Waals surface area contributed by atoms with Crippen LogP contribution in [0.5, 0.6) is 5.75 Å². The van der Waals surface area contributed by atoms with Gasteiger partial charge < -0.3 is 10.2 Å². The second-order valence-corrected chi connectivity index (χ2v) is 6.35.